The summed E-state index contributed by atoms with van der Waals surface area (Å²) in [6, 6.07) is 7.83. The Morgan fingerprint density at radius 2 is 2.12 bits per heavy atom. The molecular weight excluding hydrogens is 330 g/mol. The highest BCUT2D eigenvalue weighted by Gasteiger charge is 2.35. The molecule has 1 aliphatic heterocycles. The van der Waals surface area contributed by atoms with Gasteiger partial charge in [0.05, 0.1) is 6.20 Å². The standard InChI is InChI=1S/C19H19N5O2/c25-16-8-14(11-24(16)10-12-4-3-5-12)18-21-19(26-23-18)17-15-7-2-1-6-13(15)9-20-22-17/h1-2,6-7,9,12,14H,3-5,8,10-11H2. The SMILES string of the molecule is O=C1CC(c2noc(-c3nncc4ccccc34)n2)CN1CC1CCC1. The highest BCUT2D eigenvalue weighted by atomic mass is 16.5. The van der Waals surface area contributed by atoms with Crippen LogP contribution >= 0.6 is 0 Å². The van der Waals surface area contributed by atoms with Crippen LogP contribution in [0.1, 0.15) is 37.4 Å². The molecule has 2 aliphatic rings. The van der Waals surface area contributed by atoms with Crippen molar-refractivity contribution < 1.29 is 9.32 Å². The predicted octanol–water partition coefficient (Wildman–Crippen LogP) is 2.80. The first-order valence-electron chi connectivity index (χ1n) is 9.10. The van der Waals surface area contributed by atoms with Crippen LogP contribution in [0.15, 0.2) is 35.0 Å². The van der Waals surface area contributed by atoms with E-state index in [4.69, 9.17) is 4.52 Å². The molecule has 3 heterocycles. The molecule has 1 saturated heterocycles. The molecule has 2 fully saturated rings. The minimum atomic E-state index is -0.0111. The summed E-state index contributed by atoms with van der Waals surface area (Å²) in [4.78, 5) is 18.8. The predicted molar refractivity (Wildman–Crippen MR) is 94.1 cm³/mol. The minimum absolute atomic E-state index is 0.0111. The van der Waals surface area contributed by atoms with E-state index in [9.17, 15) is 4.79 Å². The number of hydrogen-bond acceptors (Lipinski definition) is 6. The summed E-state index contributed by atoms with van der Waals surface area (Å²) in [5, 5.41) is 14.2. The first-order chi connectivity index (χ1) is 12.8. The van der Waals surface area contributed by atoms with Gasteiger partial charge in [0.25, 0.3) is 5.89 Å². The third kappa shape index (κ3) is 2.64. The fraction of sp³-hybridized carbons (Fsp3) is 0.421. The average molecular weight is 349 g/mol. The number of hydrogen-bond donors (Lipinski definition) is 0. The molecule has 0 spiro atoms. The Kier molecular flexibility index (Phi) is 3.65. The Bertz CT molecular complexity index is 960. The van der Waals surface area contributed by atoms with Gasteiger partial charge in [-0.3, -0.25) is 4.79 Å². The fourth-order valence-corrected chi connectivity index (χ4v) is 3.79. The van der Waals surface area contributed by atoms with Gasteiger partial charge in [0.2, 0.25) is 5.91 Å². The van der Waals surface area contributed by atoms with E-state index >= 15 is 0 Å². The third-order valence-corrected chi connectivity index (χ3v) is 5.50. The zero-order valence-corrected chi connectivity index (χ0v) is 14.3. The molecule has 7 nitrogen and oxygen atoms in total. The van der Waals surface area contributed by atoms with Crippen LogP contribution in [0.4, 0.5) is 0 Å². The van der Waals surface area contributed by atoms with E-state index in [0.29, 0.717) is 36.3 Å². The first-order valence-corrected chi connectivity index (χ1v) is 9.10. The molecule has 26 heavy (non-hydrogen) atoms. The number of rotatable bonds is 4. The van der Waals surface area contributed by atoms with Crippen molar-refractivity contribution in [1.29, 1.82) is 0 Å². The monoisotopic (exact) mass is 349 g/mol. The summed E-state index contributed by atoms with van der Waals surface area (Å²) < 4.78 is 5.46. The number of amides is 1. The van der Waals surface area contributed by atoms with E-state index in [-0.39, 0.29) is 11.8 Å². The lowest BCUT2D eigenvalue weighted by molar-refractivity contribution is -0.128. The van der Waals surface area contributed by atoms with E-state index in [1.54, 1.807) is 6.20 Å². The summed E-state index contributed by atoms with van der Waals surface area (Å²) >= 11 is 0. The summed E-state index contributed by atoms with van der Waals surface area (Å²) in [5.41, 5.74) is 0.581. The molecule has 132 valence electrons. The van der Waals surface area contributed by atoms with Crippen LogP contribution < -0.4 is 0 Å². The van der Waals surface area contributed by atoms with E-state index in [0.717, 1.165) is 17.3 Å². The Morgan fingerprint density at radius 1 is 1.23 bits per heavy atom. The number of fused-ring (bicyclic) bond motifs is 1. The average Bonchev–Trinajstić information content (AvgIpc) is 3.25. The van der Waals surface area contributed by atoms with Gasteiger partial charge in [-0.05, 0) is 18.8 Å². The van der Waals surface area contributed by atoms with E-state index in [2.05, 4.69) is 20.3 Å². The number of benzene rings is 1. The van der Waals surface area contributed by atoms with Crippen molar-refractivity contribution in [3.63, 3.8) is 0 Å². The Labute approximate surface area is 150 Å². The topological polar surface area (TPSA) is 85.0 Å². The molecular formula is C19H19N5O2. The van der Waals surface area contributed by atoms with Crippen LogP contribution in [0.3, 0.4) is 0 Å². The van der Waals surface area contributed by atoms with Crippen LogP contribution in [0, 0.1) is 5.92 Å². The molecule has 0 bridgehead atoms. The van der Waals surface area contributed by atoms with Gasteiger partial charge in [0.15, 0.2) is 11.5 Å². The van der Waals surface area contributed by atoms with Crippen LogP contribution in [0.25, 0.3) is 22.4 Å². The van der Waals surface area contributed by atoms with E-state index in [1.165, 1.54) is 19.3 Å². The lowest BCUT2D eigenvalue weighted by atomic mass is 9.85. The summed E-state index contributed by atoms with van der Waals surface area (Å²) in [5.74, 6) is 1.79. The van der Waals surface area contributed by atoms with Gasteiger partial charge in [0.1, 0.15) is 0 Å². The second-order valence-corrected chi connectivity index (χ2v) is 7.23. The number of aromatic nitrogens is 4. The van der Waals surface area contributed by atoms with Gasteiger partial charge in [-0.2, -0.15) is 10.1 Å². The molecule has 1 atom stereocenters. The smallest absolute Gasteiger partial charge is 0.279 e. The van der Waals surface area contributed by atoms with Crippen LogP contribution in [0.2, 0.25) is 0 Å². The molecule has 0 N–H and O–H groups in total. The lowest BCUT2D eigenvalue weighted by Gasteiger charge is -2.30. The third-order valence-electron chi connectivity index (χ3n) is 5.50. The van der Waals surface area contributed by atoms with Crippen molar-refractivity contribution in [2.45, 2.75) is 31.6 Å². The van der Waals surface area contributed by atoms with Crippen LogP contribution in [-0.4, -0.2) is 44.2 Å². The zero-order chi connectivity index (χ0) is 17.5. The zero-order valence-electron chi connectivity index (χ0n) is 14.3. The Morgan fingerprint density at radius 3 is 2.96 bits per heavy atom. The Balaban J connectivity index is 1.39. The first kappa shape index (κ1) is 15.4. The van der Waals surface area contributed by atoms with Crippen molar-refractivity contribution in [2.75, 3.05) is 13.1 Å². The molecule has 2 aromatic heterocycles. The van der Waals surface area contributed by atoms with Gasteiger partial charge in [0, 0.05) is 36.2 Å². The largest absolute Gasteiger partial charge is 0.342 e. The summed E-state index contributed by atoms with van der Waals surface area (Å²) in [6.45, 7) is 1.55. The molecule has 0 radical (unpaired) electrons. The molecule has 1 unspecified atom stereocenters. The maximum atomic E-state index is 12.3. The number of likely N-dealkylation sites (tertiary alicyclic amines) is 1. The number of carbonyl (C=O) groups is 1. The lowest BCUT2D eigenvalue weighted by Crippen LogP contribution is -2.33. The molecule has 1 saturated carbocycles. The second-order valence-electron chi connectivity index (χ2n) is 7.23. The van der Waals surface area contributed by atoms with Gasteiger partial charge < -0.3 is 9.42 Å². The number of carbonyl (C=O) groups excluding carboxylic acids is 1. The van der Waals surface area contributed by atoms with Gasteiger partial charge in [-0.15, -0.1) is 5.10 Å². The molecule has 1 aromatic carbocycles. The molecule has 1 amide bonds. The van der Waals surface area contributed by atoms with Gasteiger partial charge >= 0.3 is 0 Å². The normalized spacial score (nSPS) is 20.7. The van der Waals surface area contributed by atoms with Gasteiger partial charge in [-0.25, -0.2) is 0 Å². The second kappa shape index (κ2) is 6.16. The maximum absolute atomic E-state index is 12.3. The molecule has 3 aromatic rings. The maximum Gasteiger partial charge on any atom is 0.279 e. The molecule has 7 heteroatoms. The highest BCUT2D eigenvalue weighted by Crippen LogP contribution is 2.33. The van der Waals surface area contributed by atoms with Crippen LogP contribution in [-0.2, 0) is 4.79 Å². The fourth-order valence-electron chi connectivity index (χ4n) is 3.79. The highest BCUT2D eigenvalue weighted by molar-refractivity contribution is 5.91. The van der Waals surface area contributed by atoms with Gasteiger partial charge in [-0.1, -0.05) is 35.8 Å². The van der Waals surface area contributed by atoms with Crippen molar-refractivity contribution in [3.8, 4) is 11.6 Å². The summed E-state index contributed by atoms with van der Waals surface area (Å²) in [6.07, 6.45) is 5.93. The van der Waals surface area contributed by atoms with Crippen molar-refractivity contribution in [2.24, 2.45) is 5.92 Å². The molecule has 1 aliphatic carbocycles. The van der Waals surface area contributed by atoms with Crippen molar-refractivity contribution in [3.05, 3.63) is 36.3 Å². The van der Waals surface area contributed by atoms with E-state index in [1.807, 2.05) is 29.2 Å². The quantitative estimate of drug-likeness (QED) is 0.720. The minimum Gasteiger partial charge on any atom is -0.342 e. The van der Waals surface area contributed by atoms with Crippen LogP contribution in [0.5, 0.6) is 0 Å². The molecule has 5 rings (SSSR count). The summed E-state index contributed by atoms with van der Waals surface area (Å²) in [7, 11) is 0. The van der Waals surface area contributed by atoms with Crippen molar-refractivity contribution in [1.82, 2.24) is 25.2 Å². The Hall–Kier alpha value is -2.83. The van der Waals surface area contributed by atoms with E-state index < -0.39 is 0 Å². The van der Waals surface area contributed by atoms with Crippen molar-refractivity contribution >= 4 is 16.7 Å². The number of nitrogens with zero attached hydrogens (tertiary/aromatic N) is 5.